The van der Waals surface area contributed by atoms with Crippen molar-refractivity contribution in [2.45, 2.75) is 32.3 Å². The Morgan fingerprint density at radius 1 is 1.48 bits per heavy atom. The zero-order valence-electron chi connectivity index (χ0n) is 13.2. The number of carbonyl (C=O) groups excluding carboxylic acids is 1. The summed E-state index contributed by atoms with van der Waals surface area (Å²) >= 11 is 0. The molecule has 1 heterocycles. The molecule has 0 aliphatic carbocycles. The van der Waals surface area contributed by atoms with Gasteiger partial charge >= 0.3 is 5.97 Å². The molecule has 0 spiro atoms. The third kappa shape index (κ3) is 5.63. The third-order valence-electron chi connectivity index (χ3n) is 3.89. The highest BCUT2D eigenvalue weighted by molar-refractivity contribution is 5.76. The standard InChI is InChI=1S/C17H22FNO4/c1-12(7-13-3-2-4-14(18)9-13)8-16(20)19-5-6-23-15(11-19)10-17(21)22/h2-4,9,12,15H,5-8,10-11H2,1H3,(H,21,22)/t12-,15+/m1/s1. The number of halogens is 1. The van der Waals surface area contributed by atoms with Gasteiger partial charge in [-0.05, 0) is 30.0 Å². The van der Waals surface area contributed by atoms with E-state index in [1.807, 2.05) is 13.0 Å². The second-order valence-electron chi connectivity index (χ2n) is 6.07. The average molecular weight is 323 g/mol. The van der Waals surface area contributed by atoms with E-state index in [2.05, 4.69) is 0 Å². The van der Waals surface area contributed by atoms with Crippen LogP contribution in [0.5, 0.6) is 0 Å². The predicted octanol–water partition coefficient (Wildman–Crippen LogP) is 2.10. The molecular weight excluding hydrogens is 301 g/mol. The van der Waals surface area contributed by atoms with Crippen LogP contribution in [0.1, 0.15) is 25.3 Å². The van der Waals surface area contributed by atoms with Crippen LogP contribution in [0.4, 0.5) is 4.39 Å². The lowest BCUT2D eigenvalue weighted by Gasteiger charge is -2.33. The fraction of sp³-hybridized carbons (Fsp3) is 0.529. The molecule has 0 radical (unpaired) electrons. The van der Waals surface area contributed by atoms with Crippen LogP contribution in [0.2, 0.25) is 0 Å². The molecule has 0 bridgehead atoms. The molecule has 2 rings (SSSR count). The summed E-state index contributed by atoms with van der Waals surface area (Å²) in [7, 11) is 0. The number of aliphatic carboxylic acids is 1. The minimum atomic E-state index is -0.927. The van der Waals surface area contributed by atoms with Gasteiger partial charge in [-0.15, -0.1) is 0 Å². The zero-order valence-corrected chi connectivity index (χ0v) is 13.2. The summed E-state index contributed by atoms with van der Waals surface area (Å²) in [6.45, 7) is 3.12. The molecule has 1 aromatic carbocycles. The van der Waals surface area contributed by atoms with E-state index < -0.39 is 12.1 Å². The lowest BCUT2D eigenvalue weighted by molar-refractivity contribution is -0.148. The number of nitrogens with zero attached hydrogens (tertiary/aromatic N) is 1. The van der Waals surface area contributed by atoms with Crippen LogP contribution in [0.3, 0.4) is 0 Å². The van der Waals surface area contributed by atoms with E-state index in [1.54, 1.807) is 11.0 Å². The van der Waals surface area contributed by atoms with E-state index in [1.165, 1.54) is 12.1 Å². The summed E-state index contributed by atoms with van der Waals surface area (Å²) in [5, 5.41) is 8.81. The lowest BCUT2D eigenvalue weighted by Crippen LogP contribution is -2.46. The maximum atomic E-state index is 13.2. The highest BCUT2D eigenvalue weighted by atomic mass is 19.1. The molecule has 2 atom stereocenters. The molecule has 1 aliphatic heterocycles. The number of benzene rings is 1. The van der Waals surface area contributed by atoms with Crippen LogP contribution >= 0.6 is 0 Å². The van der Waals surface area contributed by atoms with Crippen molar-refractivity contribution in [1.82, 2.24) is 4.90 Å². The van der Waals surface area contributed by atoms with Gasteiger partial charge in [-0.25, -0.2) is 4.39 Å². The molecule has 0 aromatic heterocycles. The van der Waals surface area contributed by atoms with Gasteiger partial charge in [-0.2, -0.15) is 0 Å². The largest absolute Gasteiger partial charge is 0.481 e. The van der Waals surface area contributed by atoms with Crippen molar-refractivity contribution in [3.05, 3.63) is 35.6 Å². The second-order valence-corrected chi connectivity index (χ2v) is 6.07. The lowest BCUT2D eigenvalue weighted by atomic mass is 9.97. The van der Waals surface area contributed by atoms with Crippen molar-refractivity contribution in [3.63, 3.8) is 0 Å². The smallest absolute Gasteiger partial charge is 0.306 e. The second kappa shape index (κ2) is 8.06. The molecule has 1 amide bonds. The van der Waals surface area contributed by atoms with Crippen LogP contribution < -0.4 is 0 Å². The monoisotopic (exact) mass is 323 g/mol. The van der Waals surface area contributed by atoms with Crippen molar-refractivity contribution in [2.24, 2.45) is 5.92 Å². The molecule has 0 unspecified atom stereocenters. The molecule has 1 N–H and O–H groups in total. The van der Waals surface area contributed by atoms with Crippen LogP contribution in [0, 0.1) is 11.7 Å². The van der Waals surface area contributed by atoms with Crippen molar-refractivity contribution >= 4 is 11.9 Å². The Kier molecular flexibility index (Phi) is 6.10. The van der Waals surface area contributed by atoms with Gasteiger partial charge in [-0.1, -0.05) is 19.1 Å². The zero-order chi connectivity index (χ0) is 16.8. The Labute approximate surface area is 135 Å². The van der Waals surface area contributed by atoms with E-state index in [4.69, 9.17) is 9.84 Å². The van der Waals surface area contributed by atoms with Crippen LogP contribution in [-0.4, -0.2) is 47.7 Å². The van der Waals surface area contributed by atoms with Crippen LogP contribution in [-0.2, 0) is 20.7 Å². The quantitative estimate of drug-likeness (QED) is 0.870. The molecule has 1 saturated heterocycles. The van der Waals surface area contributed by atoms with E-state index in [0.717, 1.165) is 5.56 Å². The van der Waals surface area contributed by atoms with Crippen molar-refractivity contribution in [2.75, 3.05) is 19.7 Å². The highest BCUT2D eigenvalue weighted by Gasteiger charge is 2.26. The number of carboxylic acids is 1. The molecule has 5 nitrogen and oxygen atoms in total. The first kappa shape index (κ1) is 17.4. The maximum absolute atomic E-state index is 13.2. The van der Waals surface area contributed by atoms with Gasteiger partial charge in [0.15, 0.2) is 0 Å². The minimum absolute atomic E-state index is 0.00686. The Balaban J connectivity index is 1.84. The first-order chi connectivity index (χ1) is 10.9. The molecule has 1 aromatic rings. The van der Waals surface area contributed by atoms with Crippen molar-refractivity contribution in [3.8, 4) is 0 Å². The van der Waals surface area contributed by atoms with Crippen molar-refractivity contribution in [1.29, 1.82) is 0 Å². The Bertz CT molecular complexity index is 563. The normalized spacial score (nSPS) is 19.4. The Morgan fingerprint density at radius 2 is 2.26 bits per heavy atom. The number of ether oxygens (including phenoxy) is 1. The van der Waals surface area contributed by atoms with Gasteiger partial charge in [0.05, 0.1) is 19.1 Å². The number of carbonyl (C=O) groups is 2. The van der Waals surface area contributed by atoms with Crippen LogP contribution in [0.25, 0.3) is 0 Å². The number of carboxylic acid groups (broad SMARTS) is 1. The highest BCUT2D eigenvalue weighted by Crippen LogP contribution is 2.16. The summed E-state index contributed by atoms with van der Waals surface area (Å²) in [5.74, 6) is -1.12. The third-order valence-corrected chi connectivity index (χ3v) is 3.89. The molecule has 1 fully saturated rings. The topological polar surface area (TPSA) is 66.8 Å². The first-order valence-electron chi connectivity index (χ1n) is 7.79. The number of hydrogen-bond donors (Lipinski definition) is 1. The fourth-order valence-corrected chi connectivity index (χ4v) is 2.83. The van der Waals surface area contributed by atoms with Gasteiger partial charge in [0, 0.05) is 19.5 Å². The van der Waals surface area contributed by atoms with E-state index in [-0.39, 0.29) is 24.1 Å². The van der Waals surface area contributed by atoms with E-state index >= 15 is 0 Å². The predicted molar refractivity (Wildman–Crippen MR) is 82.5 cm³/mol. The molecule has 0 saturated carbocycles. The number of morpholine rings is 1. The maximum Gasteiger partial charge on any atom is 0.306 e. The number of amides is 1. The van der Waals surface area contributed by atoms with Gasteiger partial charge in [0.2, 0.25) is 5.91 Å². The van der Waals surface area contributed by atoms with Crippen molar-refractivity contribution < 1.29 is 23.8 Å². The number of hydrogen-bond acceptors (Lipinski definition) is 3. The summed E-state index contributed by atoms with van der Waals surface area (Å²) in [5.41, 5.74) is 0.871. The molecule has 1 aliphatic rings. The Hall–Kier alpha value is -1.95. The molecular formula is C17H22FNO4. The summed E-state index contributed by atoms with van der Waals surface area (Å²) in [6, 6.07) is 6.40. The first-order valence-corrected chi connectivity index (χ1v) is 7.79. The van der Waals surface area contributed by atoms with Gasteiger partial charge in [0.1, 0.15) is 5.82 Å². The molecule has 23 heavy (non-hydrogen) atoms. The van der Waals surface area contributed by atoms with Crippen LogP contribution in [0.15, 0.2) is 24.3 Å². The van der Waals surface area contributed by atoms with Gasteiger partial charge in [-0.3, -0.25) is 9.59 Å². The average Bonchev–Trinajstić information content (AvgIpc) is 2.46. The van der Waals surface area contributed by atoms with E-state index in [0.29, 0.717) is 32.5 Å². The summed E-state index contributed by atoms with van der Waals surface area (Å²) in [4.78, 5) is 24.8. The number of rotatable bonds is 6. The summed E-state index contributed by atoms with van der Waals surface area (Å²) in [6.07, 6.45) is 0.453. The minimum Gasteiger partial charge on any atom is -0.481 e. The Morgan fingerprint density at radius 3 is 2.96 bits per heavy atom. The fourth-order valence-electron chi connectivity index (χ4n) is 2.83. The van der Waals surface area contributed by atoms with Gasteiger partial charge < -0.3 is 14.7 Å². The molecule has 6 heteroatoms. The molecule has 126 valence electrons. The van der Waals surface area contributed by atoms with E-state index in [9.17, 15) is 14.0 Å². The van der Waals surface area contributed by atoms with Gasteiger partial charge in [0.25, 0.3) is 0 Å². The SMILES string of the molecule is C[C@@H](CC(=O)N1CCO[C@@H](CC(=O)O)C1)Cc1cccc(F)c1. The summed E-state index contributed by atoms with van der Waals surface area (Å²) < 4.78 is 18.5.